The summed E-state index contributed by atoms with van der Waals surface area (Å²) in [6.07, 6.45) is 2.80. The van der Waals surface area contributed by atoms with E-state index >= 15 is 0 Å². The third-order valence-electron chi connectivity index (χ3n) is 7.26. The number of thiazole rings is 1. The van der Waals surface area contributed by atoms with Gasteiger partial charge in [0.25, 0.3) is 0 Å². The first-order chi connectivity index (χ1) is 15.3. The summed E-state index contributed by atoms with van der Waals surface area (Å²) in [4.78, 5) is 21.9. The molecule has 172 valence electrons. The van der Waals surface area contributed by atoms with Crippen molar-refractivity contribution >= 4 is 17.2 Å². The van der Waals surface area contributed by atoms with E-state index < -0.39 is 11.2 Å². The monoisotopic (exact) mass is 459 g/mol. The minimum Gasteiger partial charge on any atom is -0.388 e. The molecule has 32 heavy (non-hydrogen) atoms. The van der Waals surface area contributed by atoms with E-state index in [-0.39, 0.29) is 17.6 Å². The molecule has 2 aromatic rings. The number of aromatic nitrogens is 1. The molecule has 8 heteroatoms. The van der Waals surface area contributed by atoms with Crippen molar-refractivity contribution in [3.05, 3.63) is 51.7 Å². The fourth-order valence-corrected chi connectivity index (χ4v) is 6.00. The predicted octanol–water partition coefficient (Wildman–Crippen LogP) is 2.95. The number of benzene rings is 1. The molecule has 6 nitrogen and oxygen atoms in total. The molecular formula is C24H30FN3O3S. The van der Waals surface area contributed by atoms with E-state index in [9.17, 15) is 14.3 Å². The maximum atomic E-state index is 13.9. The summed E-state index contributed by atoms with van der Waals surface area (Å²) in [7, 11) is 0. The van der Waals surface area contributed by atoms with Crippen LogP contribution in [0.1, 0.15) is 43.0 Å². The van der Waals surface area contributed by atoms with Crippen LogP contribution in [-0.4, -0.2) is 64.1 Å². The fraction of sp³-hybridized carbons (Fsp3) is 0.583. The van der Waals surface area contributed by atoms with Crippen LogP contribution in [0.3, 0.4) is 0 Å². The van der Waals surface area contributed by atoms with Crippen LogP contribution in [0.4, 0.5) is 4.39 Å². The number of β-amino-alcohol motifs (C(OH)–C–C–N with tert-alkyl or cyclic N) is 1. The SMILES string of the molecule is CC1(O)CCN(C(=O)C(Cc2cscn2)CN2CCC3(CC2)OCc2ccc(F)cc23)C1. The molecule has 1 aromatic heterocycles. The van der Waals surface area contributed by atoms with Gasteiger partial charge in [-0.2, -0.15) is 0 Å². The van der Waals surface area contributed by atoms with Gasteiger partial charge in [-0.25, -0.2) is 9.37 Å². The Balaban J connectivity index is 1.27. The molecule has 2 saturated heterocycles. The van der Waals surface area contributed by atoms with Gasteiger partial charge in [-0.05, 0) is 49.4 Å². The van der Waals surface area contributed by atoms with Crippen LogP contribution in [-0.2, 0) is 28.2 Å². The molecule has 1 spiro atoms. The third-order valence-corrected chi connectivity index (χ3v) is 7.90. The Hall–Kier alpha value is -1.87. The number of carbonyl (C=O) groups excluding carboxylic acids is 1. The summed E-state index contributed by atoms with van der Waals surface area (Å²) in [5.74, 6) is -0.318. The Kier molecular flexibility index (Phi) is 5.82. The number of carbonyl (C=O) groups is 1. The van der Waals surface area contributed by atoms with Crippen molar-refractivity contribution in [2.45, 2.75) is 50.4 Å². The van der Waals surface area contributed by atoms with E-state index in [1.54, 1.807) is 29.8 Å². The van der Waals surface area contributed by atoms with Crippen LogP contribution in [0.2, 0.25) is 0 Å². The number of fused-ring (bicyclic) bond motifs is 2. The predicted molar refractivity (Wildman–Crippen MR) is 120 cm³/mol. The van der Waals surface area contributed by atoms with Crippen LogP contribution >= 0.6 is 11.3 Å². The summed E-state index contributed by atoms with van der Waals surface area (Å²) in [6, 6.07) is 4.96. The molecule has 2 unspecified atom stereocenters. The van der Waals surface area contributed by atoms with Gasteiger partial charge in [0.05, 0.1) is 34.9 Å². The topological polar surface area (TPSA) is 65.9 Å². The van der Waals surface area contributed by atoms with E-state index in [2.05, 4.69) is 9.88 Å². The first kappa shape index (κ1) is 21.9. The van der Waals surface area contributed by atoms with Crippen molar-refractivity contribution in [1.29, 1.82) is 0 Å². The number of hydrogen-bond acceptors (Lipinski definition) is 6. The fourth-order valence-electron chi connectivity index (χ4n) is 5.43. The third kappa shape index (κ3) is 4.33. The number of piperidine rings is 1. The summed E-state index contributed by atoms with van der Waals surface area (Å²) in [6.45, 7) is 5.57. The van der Waals surface area contributed by atoms with Crippen molar-refractivity contribution in [2.75, 3.05) is 32.7 Å². The zero-order valence-corrected chi connectivity index (χ0v) is 19.2. The van der Waals surface area contributed by atoms with Gasteiger partial charge >= 0.3 is 0 Å². The maximum absolute atomic E-state index is 13.9. The summed E-state index contributed by atoms with van der Waals surface area (Å²) >= 11 is 1.54. The van der Waals surface area contributed by atoms with Crippen LogP contribution in [0.5, 0.6) is 0 Å². The number of nitrogens with zero attached hydrogens (tertiary/aromatic N) is 3. The lowest BCUT2D eigenvalue weighted by Crippen LogP contribution is -2.47. The standard InChI is InChI=1S/C24H30FN3O3S/c1-23(30)4-9-28(15-23)22(29)18(10-20-14-32-16-26-20)12-27-7-5-24(6-8-27)21-11-19(25)3-2-17(21)13-31-24/h2-3,11,14,16,18,30H,4-10,12-13,15H2,1H3. The normalized spacial score (nSPS) is 25.9. The number of amides is 1. The zero-order chi connectivity index (χ0) is 22.3. The Morgan fingerprint density at radius 3 is 2.81 bits per heavy atom. The second kappa shape index (κ2) is 8.48. The quantitative estimate of drug-likeness (QED) is 0.745. The molecule has 3 aliphatic heterocycles. The second-order valence-corrected chi connectivity index (χ2v) is 10.5. The van der Waals surface area contributed by atoms with Crippen LogP contribution < -0.4 is 0 Å². The van der Waals surface area contributed by atoms with Gasteiger partial charge in [-0.15, -0.1) is 11.3 Å². The molecule has 0 radical (unpaired) electrons. The molecule has 0 saturated carbocycles. The molecule has 2 atom stereocenters. The van der Waals surface area contributed by atoms with Crippen molar-refractivity contribution in [1.82, 2.24) is 14.8 Å². The number of halogens is 1. The van der Waals surface area contributed by atoms with Gasteiger partial charge in [0.1, 0.15) is 5.82 Å². The molecule has 1 amide bonds. The first-order valence-corrected chi connectivity index (χ1v) is 12.3. The zero-order valence-electron chi connectivity index (χ0n) is 18.4. The van der Waals surface area contributed by atoms with Gasteiger partial charge in [-0.1, -0.05) is 6.07 Å². The minimum atomic E-state index is -0.805. The highest BCUT2D eigenvalue weighted by molar-refractivity contribution is 7.07. The number of hydrogen-bond donors (Lipinski definition) is 1. The number of rotatable bonds is 5. The molecule has 2 fully saturated rings. The number of likely N-dealkylation sites (tertiary alicyclic amines) is 2. The number of aliphatic hydroxyl groups is 1. The summed E-state index contributed by atoms with van der Waals surface area (Å²) in [5.41, 5.74) is 3.60. The second-order valence-electron chi connectivity index (χ2n) is 9.77. The lowest BCUT2D eigenvalue weighted by atomic mass is 9.83. The van der Waals surface area contributed by atoms with Gasteiger partial charge in [-0.3, -0.25) is 4.79 Å². The van der Waals surface area contributed by atoms with Gasteiger partial charge in [0.2, 0.25) is 5.91 Å². The van der Waals surface area contributed by atoms with E-state index in [0.717, 1.165) is 42.8 Å². The molecule has 1 aromatic carbocycles. The maximum Gasteiger partial charge on any atom is 0.227 e. The molecule has 5 rings (SSSR count). The lowest BCUT2D eigenvalue weighted by Gasteiger charge is -2.40. The Morgan fingerprint density at radius 1 is 1.31 bits per heavy atom. The molecule has 4 heterocycles. The Bertz CT molecular complexity index is 973. The highest BCUT2D eigenvalue weighted by Crippen LogP contribution is 2.44. The lowest BCUT2D eigenvalue weighted by molar-refractivity contribution is -0.136. The van der Waals surface area contributed by atoms with Gasteiger partial charge < -0.3 is 19.6 Å². The van der Waals surface area contributed by atoms with Crippen LogP contribution in [0.15, 0.2) is 29.1 Å². The highest BCUT2D eigenvalue weighted by Gasteiger charge is 2.44. The van der Waals surface area contributed by atoms with Crippen molar-refractivity contribution in [2.24, 2.45) is 5.92 Å². The van der Waals surface area contributed by atoms with Crippen LogP contribution in [0, 0.1) is 11.7 Å². The van der Waals surface area contributed by atoms with Gasteiger partial charge in [0.15, 0.2) is 0 Å². The minimum absolute atomic E-state index is 0.0978. The van der Waals surface area contributed by atoms with E-state index in [1.807, 2.05) is 16.3 Å². The first-order valence-electron chi connectivity index (χ1n) is 11.4. The van der Waals surface area contributed by atoms with Crippen LogP contribution in [0.25, 0.3) is 0 Å². The van der Waals surface area contributed by atoms with Crippen molar-refractivity contribution in [3.63, 3.8) is 0 Å². The highest BCUT2D eigenvalue weighted by atomic mass is 32.1. The molecule has 0 bridgehead atoms. The summed E-state index contributed by atoms with van der Waals surface area (Å²) in [5, 5.41) is 12.3. The summed E-state index contributed by atoms with van der Waals surface area (Å²) < 4.78 is 20.1. The molecule has 3 aliphatic rings. The largest absolute Gasteiger partial charge is 0.388 e. The Morgan fingerprint density at radius 2 is 2.12 bits per heavy atom. The average molecular weight is 460 g/mol. The smallest absolute Gasteiger partial charge is 0.227 e. The molecule has 0 aliphatic carbocycles. The van der Waals surface area contributed by atoms with E-state index in [0.29, 0.717) is 39.1 Å². The van der Waals surface area contributed by atoms with Crippen molar-refractivity contribution < 1.29 is 19.0 Å². The van der Waals surface area contributed by atoms with E-state index in [4.69, 9.17) is 4.74 Å². The Labute approximate surface area is 192 Å². The number of ether oxygens (including phenoxy) is 1. The average Bonchev–Trinajstić information content (AvgIpc) is 3.49. The molecule has 1 N–H and O–H groups in total. The molecular weight excluding hydrogens is 429 g/mol. The van der Waals surface area contributed by atoms with Crippen molar-refractivity contribution in [3.8, 4) is 0 Å². The van der Waals surface area contributed by atoms with E-state index in [1.165, 1.54) is 6.07 Å². The van der Waals surface area contributed by atoms with Gasteiger partial charge in [0, 0.05) is 44.5 Å².